The third kappa shape index (κ3) is 3.65. The van der Waals surface area contributed by atoms with E-state index in [1.807, 2.05) is 72.8 Å². The van der Waals surface area contributed by atoms with Gasteiger partial charge in [-0.3, -0.25) is 0 Å². The number of aromatic nitrogens is 1. The molecule has 0 N–H and O–H groups in total. The summed E-state index contributed by atoms with van der Waals surface area (Å²) in [7, 11) is 0. The van der Waals surface area contributed by atoms with Crippen molar-refractivity contribution in [1.29, 1.82) is 0 Å². The number of ether oxygens (including phenoxy) is 1. The molecule has 1 aliphatic heterocycles. The summed E-state index contributed by atoms with van der Waals surface area (Å²) in [6, 6.07) is 19.8. The SMILES string of the molecule is [2H]c1c([2H])c(-c2c([2H])c([2H])c(-c3cccc4c3c3ccc5ccccc5c3n4-c3ccccc3)c([2H])c2[2H])c([2H])c2c1Oc1c([2H])c([2H])c([2H])c3c([2H])c([2H])c([2H])c-2c13. The highest BCUT2D eigenvalue weighted by molar-refractivity contribution is 6.22. The summed E-state index contributed by atoms with van der Waals surface area (Å²) in [5.41, 5.74) is 1.58. The highest BCUT2D eigenvalue weighted by Gasteiger charge is 2.21. The summed E-state index contributed by atoms with van der Waals surface area (Å²) in [6.07, 6.45) is 0. The molecule has 2 nitrogen and oxygen atoms in total. The van der Waals surface area contributed by atoms with E-state index in [1.54, 1.807) is 12.1 Å². The number of hydrogen-bond acceptors (Lipinski definition) is 1. The van der Waals surface area contributed by atoms with Crippen molar-refractivity contribution in [2.24, 2.45) is 0 Å². The molecule has 2 heterocycles. The fourth-order valence-corrected chi connectivity index (χ4v) is 6.53. The van der Waals surface area contributed by atoms with Gasteiger partial charge in [0.05, 0.1) is 28.9 Å². The van der Waals surface area contributed by atoms with Crippen LogP contribution in [0.4, 0.5) is 0 Å². The Hall–Kier alpha value is -6.12. The van der Waals surface area contributed by atoms with Crippen molar-refractivity contribution in [2.45, 2.75) is 0 Å². The van der Waals surface area contributed by atoms with Crippen LogP contribution in [0, 0.1) is 0 Å². The first kappa shape index (κ1) is 15.7. The predicted octanol–water partition coefficient (Wildman–Crippen LogP) is 12.2. The molecule has 0 fully saturated rings. The summed E-state index contributed by atoms with van der Waals surface area (Å²) < 4.78 is 125. The first-order valence-electron chi connectivity index (χ1n) is 21.2. The number of para-hydroxylation sites is 1. The molecule has 10 rings (SSSR count). The number of benzene rings is 8. The van der Waals surface area contributed by atoms with Crippen molar-refractivity contribution in [3.8, 4) is 50.6 Å². The lowest BCUT2D eigenvalue weighted by atomic mass is 9.91. The molecule has 0 bridgehead atoms. The molecule has 9 aromatic rings. The zero-order valence-electron chi connectivity index (χ0n) is 36.9. The maximum Gasteiger partial charge on any atom is 0.135 e. The maximum absolute atomic E-state index is 9.48. The minimum absolute atomic E-state index is 0.00816. The van der Waals surface area contributed by atoms with Gasteiger partial charge in [0.1, 0.15) is 11.5 Å². The van der Waals surface area contributed by atoms with Crippen molar-refractivity contribution in [1.82, 2.24) is 4.57 Å². The van der Waals surface area contributed by atoms with E-state index in [0.29, 0.717) is 10.9 Å². The summed E-state index contributed by atoms with van der Waals surface area (Å²) in [5.74, 6) is -0.787. The van der Waals surface area contributed by atoms with E-state index >= 15 is 0 Å². The minimum atomic E-state index is -0.675. The molecule has 0 unspecified atom stereocenters. The van der Waals surface area contributed by atoms with Crippen molar-refractivity contribution in [3.63, 3.8) is 0 Å². The van der Waals surface area contributed by atoms with Gasteiger partial charge in [-0.25, -0.2) is 0 Å². The third-order valence-electron chi connectivity index (χ3n) is 8.53. The number of hydrogen-bond donors (Lipinski definition) is 0. The zero-order chi connectivity index (χ0) is 41.5. The number of fused-ring (bicyclic) bond motifs is 7. The van der Waals surface area contributed by atoms with Gasteiger partial charge in [0.2, 0.25) is 0 Å². The third-order valence-corrected chi connectivity index (χ3v) is 8.53. The van der Waals surface area contributed by atoms with Crippen LogP contribution in [-0.2, 0) is 0 Å². The molecule has 0 amide bonds. The van der Waals surface area contributed by atoms with Gasteiger partial charge in [0.15, 0.2) is 0 Å². The Morgan fingerprint density at radius 1 is 0.478 bits per heavy atom. The van der Waals surface area contributed by atoms with Crippen LogP contribution in [0.3, 0.4) is 0 Å². The molecule has 0 radical (unpaired) electrons. The van der Waals surface area contributed by atoms with E-state index in [0.717, 1.165) is 32.9 Å². The first-order chi connectivity index (χ1) is 28.3. The Morgan fingerprint density at radius 3 is 2.15 bits per heavy atom. The molecule has 8 aromatic carbocycles. The molecule has 0 spiro atoms. The van der Waals surface area contributed by atoms with Crippen LogP contribution in [0.1, 0.15) is 17.8 Å². The van der Waals surface area contributed by atoms with E-state index in [9.17, 15) is 6.85 Å². The predicted molar refractivity (Wildman–Crippen MR) is 192 cm³/mol. The normalized spacial score (nSPS) is 16.0. The lowest BCUT2D eigenvalue weighted by Gasteiger charge is -2.22. The summed E-state index contributed by atoms with van der Waals surface area (Å²) in [5, 5.41) is 3.10. The molecule has 1 aliphatic rings. The Kier molecular flexibility index (Phi) is 3.32. The van der Waals surface area contributed by atoms with E-state index in [4.69, 9.17) is 15.7 Å². The zero-order valence-corrected chi connectivity index (χ0v) is 23.9. The molecular formula is C44H27NO. The van der Waals surface area contributed by atoms with Gasteiger partial charge >= 0.3 is 0 Å². The molecule has 0 aliphatic carbocycles. The van der Waals surface area contributed by atoms with Gasteiger partial charge in [-0.1, -0.05) is 127 Å². The van der Waals surface area contributed by atoms with Crippen LogP contribution in [0.15, 0.2) is 163 Å². The highest BCUT2D eigenvalue weighted by atomic mass is 16.5. The van der Waals surface area contributed by atoms with Crippen LogP contribution in [0.2, 0.25) is 0 Å². The second kappa shape index (κ2) is 9.69. The number of nitrogens with zero attached hydrogens (tertiary/aromatic N) is 1. The van der Waals surface area contributed by atoms with Gasteiger partial charge in [0.25, 0.3) is 0 Å². The minimum Gasteiger partial charge on any atom is -0.456 e. The van der Waals surface area contributed by atoms with Crippen LogP contribution in [0.5, 0.6) is 11.5 Å². The second-order valence-corrected chi connectivity index (χ2v) is 11.1. The van der Waals surface area contributed by atoms with Gasteiger partial charge < -0.3 is 9.30 Å². The van der Waals surface area contributed by atoms with Crippen molar-refractivity contribution in [2.75, 3.05) is 0 Å². The Bertz CT molecular complexity index is 3360. The molecule has 46 heavy (non-hydrogen) atoms. The Balaban J connectivity index is 1.27. The highest BCUT2D eigenvalue weighted by Crippen LogP contribution is 2.48. The van der Waals surface area contributed by atoms with Crippen molar-refractivity contribution in [3.05, 3.63) is 163 Å². The average Bonchev–Trinajstić information content (AvgIpc) is 3.59. The Morgan fingerprint density at radius 2 is 1.26 bits per heavy atom. The van der Waals surface area contributed by atoms with Gasteiger partial charge in [-0.05, 0) is 74.9 Å². The summed E-state index contributed by atoms with van der Waals surface area (Å²) in [4.78, 5) is 0. The standard InChI is InChI=1S/C44H27NO/c1-2-12-33(13-3-1)45-39-17-8-15-34(43(39)37-25-23-29-9-4-5-14-35(29)44(37)45)30-21-19-28(20-22-30)32-24-26-40-38(27-32)36-16-6-10-31-11-7-18-41(46-40)42(31)36/h1-27H/i6D,7D,10D,11D,16D,18D,19D,20D,21D,22D,24D,26D,27D. The molecule has 0 atom stereocenters. The maximum atomic E-state index is 9.48. The quantitative estimate of drug-likeness (QED) is 0.197. The lowest BCUT2D eigenvalue weighted by molar-refractivity contribution is 0.487. The number of rotatable bonds is 3. The van der Waals surface area contributed by atoms with Gasteiger partial charge in [0, 0.05) is 32.8 Å². The smallest absolute Gasteiger partial charge is 0.135 e. The average molecular weight is 599 g/mol. The van der Waals surface area contributed by atoms with Gasteiger partial charge in [-0.15, -0.1) is 0 Å². The van der Waals surface area contributed by atoms with Gasteiger partial charge in [-0.2, -0.15) is 0 Å². The topological polar surface area (TPSA) is 14.2 Å². The van der Waals surface area contributed by atoms with Crippen LogP contribution in [-0.4, -0.2) is 4.57 Å². The van der Waals surface area contributed by atoms with Crippen molar-refractivity contribution >= 4 is 43.4 Å². The Labute approximate surface area is 284 Å². The van der Waals surface area contributed by atoms with E-state index in [2.05, 4.69) is 4.57 Å². The largest absolute Gasteiger partial charge is 0.456 e. The second-order valence-electron chi connectivity index (χ2n) is 11.1. The molecule has 0 saturated carbocycles. The molecule has 214 valence electrons. The van der Waals surface area contributed by atoms with E-state index in [-0.39, 0.29) is 33.2 Å². The van der Waals surface area contributed by atoms with E-state index < -0.39 is 95.4 Å². The molecule has 2 heteroatoms. The molecular weight excluding hydrogens is 558 g/mol. The fraction of sp³-hybridized carbons (Fsp3) is 0. The monoisotopic (exact) mass is 598 g/mol. The fourth-order valence-electron chi connectivity index (χ4n) is 6.53. The summed E-state index contributed by atoms with van der Waals surface area (Å²) >= 11 is 0. The lowest BCUT2D eigenvalue weighted by Crippen LogP contribution is -1.97. The van der Waals surface area contributed by atoms with Crippen molar-refractivity contribution < 1.29 is 22.6 Å². The first-order valence-corrected chi connectivity index (χ1v) is 14.7. The van der Waals surface area contributed by atoms with E-state index in [1.165, 1.54) is 0 Å². The summed E-state index contributed by atoms with van der Waals surface area (Å²) in [6.45, 7) is 0. The van der Waals surface area contributed by atoms with Crippen LogP contribution < -0.4 is 4.74 Å². The van der Waals surface area contributed by atoms with Crippen LogP contribution >= 0.6 is 0 Å². The van der Waals surface area contributed by atoms with Crippen LogP contribution in [0.25, 0.3) is 82.4 Å². The molecule has 0 saturated heterocycles. The molecule has 1 aromatic heterocycles.